The molecule has 0 atom stereocenters. The van der Waals surface area contributed by atoms with Crippen LogP contribution in [0.25, 0.3) is 6.08 Å². The Hall–Kier alpha value is -2.74. The lowest BCUT2D eigenvalue weighted by molar-refractivity contribution is -0.0141. The van der Waals surface area contributed by atoms with Crippen LogP contribution in [0, 0.1) is 5.92 Å². The first-order valence-electron chi connectivity index (χ1n) is 13.3. The highest BCUT2D eigenvalue weighted by atomic mass is 16.6. The van der Waals surface area contributed by atoms with Crippen LogP contribution in [-0.4, -0.2) is 79.5 Å². The molecule has 0 unspecified atom stereocenters. The molecule has 1 amide bonds. The van der Waals surface area contributed by atoms with Crippen molar-refractivity contribution in [1.29, 1.82) is 0 Å². The van der Waals surface area contributed by atoms with Crippen LogP contribution in [0.1, 0.15) is 76.2 Å². The number of nitrogens with zero attached hydrogens (tertiary/aromatic N) is 2. The van der Waals surface area contributed by atoms with Crippen LogP contribution in [0.3, 0.4) is 0 Å². The Kier molecular flexibility index (Phi) is 9.51. The lowest BCUT2D eigenvalue weighted by Gasteiger charge is -2.46. The van der Waals surface area contributed by atoms with Gasteiger partial charge >= 0.3 is 12.1 Å². The van der Waals surface area contributed by atoms with Gasteiger partial charge < -0.3 is 23.8 Å². The van der Waals surface area contributed by atoms with Crippen molar-refractivity contribution in [3.8, 4) is 11.5 Å². The highest BCUT2D eigenvalue weighted by Crippen LogP contribution is 2.39. The highest BCUT2D eigenvalue weighted by Gasteiger charge is 2.38. The SMILES string of the molecule is C=Cc1c(C(=O)OC)ccc(O[C@H]2C[C@H](N(CC3CCN(C(=O)OC(C)(C)C)CC3)C(C)C)C2)c1OC. The predicted molar refractivity (Wildman–Crippen MR) is 144 cm³/mol. The first-order chi connectivity index (χ1) is 17.5. The second-order valence-corrected chi connectivity index (χ2v) is 11.3. The molecular weight excluding hydrogens is 472 g/mol. The number of rotatable bonds is 9. The molecule has 2 fully saturated rings. The van der Waals surface area contributed by atoms with Crippen molar-refractivity contribution in [2.24, 2.45) is 5.92 Å². The third kappa shape index (κ3) is 7.18. The molecule has 8 nitrogen and oxygen atoms in total. The summed E-state index contributed by atoms with van der Waals surface area (Å²) in [6, 6.07) is 4.34. The van der Waals surface area contributed by atoms with Crippen LogP contribution in [0.2, 0.25) is 0 Å². The first kappa shape index (κ1) is 28.8. The maximum atomic E-state index is 12.4. The van der Waals surface area contributed by atoms with E-state index < -0.39 is 11.6 Å². The molecule has 1 aliphatic heterocycles. The second-order valence-electron chi connectivity index (χ2n) is 11.3. The lowest BCUT2D eigenvalue weighted by Crippen LogP contribution is -2.54. The summed E-state index contributed by atoms with van der Waals surface area (Å²) in [7, 11) is 2.92. The quantitative estimate of drug-likeness (QED) is 0.407. The zero-order valence-electron chi connectivity index (χ0n) is 23.5. The van der Waals surface area contributed by atoms with E-state index in [0.29, 0.717) is 40.6 Å². The number of hydrogen-bond acceptors (Lipinski definition) is 7. The normalized spacial score (nSPS) is 20.4. The molecule has 0 radical (unpaired) electrons. The number of benzene rings is 1. The van der Waals surface area contributed by atoms with E-state index in [9.17, 15) is 9.59 Å². The Morgan fingerprint density at radius 1 is 1.16 bits per heavy atom. The van der Waals surface area contributed by atoms with Crippen molar-refractivity contribution in [1.82, 2.24) is 9.80 Å². The number of piperidine rings is 1. The Balaban J connectivity index is 1.55. The summed E-state index contributed by atoms with van der Waals surface area (Å²) in [4.78, 5) is 28.9. The van der Waals surface area contributed by atoms with Gasteiger partial charge in [0.1, 0.15) is 11.7 Å². The fourth-order valence-corrected chi connectivity index (χ4v) is 5.16. The van der Waals surface area contributed by atoms with Crippen molar-refractivity contribution in [2.75, 3.05) is 33.9 Å². The Bertz CT molecular complexity index is 956. The fourth-order valence-electron chi connectivity index (χ4n) is 5.16. The van der Waals surface area contributed by atoms with Gasteiger partial charge in [-0.15, -0.1) is 0 Å². The Labute approximate surface area is 221 Å². The van der Waals surface area contributed by atoms with Crippen LogP contribution in [0.4, 0.5) is 4.79 Å². The second kappa shape index (κ2) is 12.2. The summed E-state index contributed by atoms with van der Waals surface area (Å²) in [6.07, 6.45) is 5.30. The molecule has 3 rings (SSSR count). The maximum Gasteiger partial charge on any atom is 0.410 e. The summed E-state index contributed by atoms with van der Waals surface area (Å²) in [5, 5.41) is 0. The van der Waals surface area contributed by atoms with Crippen molar-refractivity contribution in [3.05, 3.63) is 29.8 Å². The third-order valence-electron chi connectivity index (χ3n) is 7.20. The summed E-state index contributed by atoms with van der Waals surface area (Å²) in [6.45, 7) is 16.5. The van der Waals surface area contributed by atoms with Gasteiger partial charge in [0.2, 0.25) is 0 Å². The van der Waals surface area contributed by atoms with Crippen molar-refractivity contribution < 1.29 is 28.5 Å². The van der Waals surface area contributed by atoms with Crippen LogP contribution in [0.5, 0.6) is 11.5 Å². The average molecular weight is 517 g/mol. The van der Waals surface area contributed by atoms with Gasteiger partial charge in [-0.1, -0.05) is 12.7 Å². The molecule has 2 aliphatic rings. The van der Waals surface area contributed by atoms with Crippen molar-refractivity contribution in [2.45, 2.75) is 84.1 Å². The molecule has 8 heteroatoms. The largest absolute Gasteiger partial charge is 0.492 e. The van der Waals surface area contributed by atoms with Crippen molar-refractivity contribution >= 4 is 18.1 Å². The van der Waals surface area contributed by atoms with E-state index in [1.807, 2.05) is 25.7 Å². The molecule has 0 N–H and O–H groups in total. The van der Waals surface area contributed by atoms with E-state index in [4.69, 9.17) is 18.9 Å². The summed E-state index contributed by atoms with van der Waals surface area (Å²) in [5.74, 6) is 1.23. The molecule has 206 valence electrons. The van der Waals surface area contributed by atoms with Crippen LogP contribution < -0.4 is 9.47 Å². The summed E-state index contributed by atoms with van der Waals surface area (Å²) < 4.78 is 22.3. The fraction of sp³-hybridized carbons (Fsp3) is 0.655. The molecule has 1 aliphatic carbocycles. The van der Waals surface area contributed by atoms with Crippen LogP contribution in [0.15, 0.2) is 18.7 Å². The first-order valence-corrected chi connectivity index (χ1v) is 13.3. The molecule has 1 aromatic rings. The molecule has 1 saturated heterocycles. The van der Waals surface area contributed by atoms with Gasteiger partial charge in [0.05, 0.1) is 19.8 Å². The predicted octanol–water partition coefficient (Wildman–Crippen LogP) is 5.39. The zero-order valence-corrected chi connectivity index (χ0v) is 23.5. The number of esters is 1. The number of carbonyl (C=O) groups is 2. The molecule has 0 aromatic heterocycles. The number of likely N-dealkylation sites (tertiary alicyclic amines) is 1. The number of hydrogen-bond donors (Lipinski definition) is 0. The molecule has 0 bridgehead atoms. The van der Waals surface area contributed by atoms with E-state index in [1.54, 1.807) is 25.3 Å². The Morgan fingerprint density at radius 2 is 1.81 bits per heavy atom. The molecule has 1 heterocycles. The zero-order chi connectivity index (χ0) is 27.3. The van der Waals surface area contributed by atoms with Gasteiger partial charge in [0.15, 0.2) is 11.5 Å². The topological polar surface area (TPSA) is 77.5 Å². The highest BCUT2D eigenvalue weighted by molar-refractivity contribution is 5.95. The minimum absolute atomic E-state index is 0.0795. The van der Waals surface area contributed by atoms with E-state index >= 15 is 0 Å². The number of ether oxygens (including phenoxy) is 4. The Morgan fingerprint density at radius 3 is 2.32 bits per heavy atom. The standard InChI is InChI=1S/C29H44N2O6/c1-9-23-24(27(32)35-8)10-11-25(26(23)34-7)36-22-16-21(17-22)31(19(2)3)18-20-12-14-30(15-13-20)28(33)37-29(4,5)6/h9-11,19-22H,1,12-18H2,2-8H3/t21-,22-. The van der Waals surface area contributed by atoms with Gasteiger partial charge in [0.25, 0.3) is 0 Å². The van der Waals surface area contributed by atoms with E-state index in [0.717, 1.165) is 45.3 Å². The summed E-state index contributed by atoms with van der Waals surface area (Å²) >= 11 is 0. The maximum absolute atomic E-state index is 12.4. The van der Waals surface area contributed by atoms with Gasteiger partial charge in [0, 0.05) is 50.1 Å². The third-order valence-corrected chi connectivity index (χ3v) is 7.20. The van der Waals surface area contributed by atoms with Gasteiger partial charge in [-0.05, 0) is 65.5 Å². The van der Waals surface area contributed by atoms with Gasteiger partial charge in [-0.3, -0.25) is 4.90 Å². The van der Waals surface area contributed by atoms with E-state index in [-0.39, 0.29) is 12.2 Å². The number of methoxy groups -OCH3 is 2. The molecular formula is C29H44N2O6. The van der Waals surface area contributed by atoms with Crippen molar-refractivity contribution in [3.63, 3.8) is 0 Å². The van der Waals surface area contributed by atoms with Crippen LogP contribution in [-0.2, 0) is 9.47 Å². The lowest BCUT2D eigenvalue weighted by atomic mass is 9.85. The monoisotopic (exact) mass is 516 g/mol. The van der Waals surface area contributed by atoms with Gasteiger partial charge in [-0.2, -0.15) is 0 Å². The van der Waals surface area contributed by atoms with E-state index in [2.05, 4.69) is 25.3 Å². The minimum atomic E-state index is -0.466. The van der Waals surface area contributed by atoms with Crippen LogP contribution >= 0.6 is 0 Å². The molecule has 1 aromatic carbocycles. The van der Waals surface area contributed by atoms with E-state index in [1.165, 1.54) is 7.11 Å². The molecule has 37 heavy (non-hydrogen) atoms. The molecule has 1 saturated carbocycles. The minimum Gasteiger partial charge on any atom is -0.492 e. The average Bonchev–Trinajstić information content (AvgIpc) is 2.82. The van der Waals surface area contributed by atoms with Gasteiger partial charge in [-0.25, -0.2) is 9.59 Å². The molecule has 0 spiro atoms. The smallest absolute Gasteiger partial charge is 0.410 e. The summed E-state index contributed by atoms with van der Waals surface area (Å²) in [5.41, 5.74) is 0.507. The number of amides is 1. The number of carbonyl (C=O) groups excluding carboxylic acids is 2.